The third-order valence-corrected chi connectivity index (χ3v) is 6.90. The number of carbonyl (C=O) groups is 1. The second kappa shape index (κ2) is 9.15. The van der Waals surface area contributed by atoms with E-state index in [0.717, 1.165) is 13.4 Å². The Balaban J connectivity index is 1.92. The van der Waals surface area contributed by atoms with Crippen LogP contribution in [0.3, 0.4) is 0 Å². The summed E-state index contributed by atoms with van der Waals surface area (Å²) in [6.45, 7) is 1.51. The van der Waals surface area contributed by atoms with Crippen LogP contribution in [0.1, 0.15) is 5.56 Å². The van der Waals surface area contributed by atoms with E-state index in [1.165, 1.54) is 12.1 Å². The lowest BCUT2D eigenvalue weighted by molar-refractivity contribution is -0.114. The lowest BCUT2D eigenvalue weighted by atomic mass is 10.2. The zero-order valence-corrected chi connectivity index (χ0v) is 19.2. The first-order valence-corrected chi connectivity index (χ1v) is 11.6. The number of benzene rings is 3. The van der Waals surface area contributed by atoms with Gasteiger partial charge in [-0.2, -0.15) is 0 Å². The van der Waals surface area contributed by atoms with E-state index in [1.807, 2.05) is 19.1 Å². The zero-order chi connectivity index (χ0) is 21.0. The van der Waals surface area contributed by atoms with Gasteiger partial charge in [-0.05, 0) is 90.2 Å². The standard InChI is InChI=1S/C21H18ClIN2O3S/c1-15-2-12-20(13-3-15)29(27,28)25(19-10-4-16(22)5-11-19)14-21(26)24-18-8-6-17(23)7-9-18/h2-13H,14H2,1H3,(H,24,26). The molecular weight excluding hydrogens is 523 g/mol. The highest BCUT2D eigenvalue weighted by Gasteiger charge is 2.27. The van der Waals surface area contributed by atoms with Crippen molar-refractivity contribution < 1.29 is 13.2 Å². The predicted octanol–water partition coefficient (Wildman–Crippen LogP) is 5.09. The summed E-state index contributed by atoms with van der Waals surface area (Å²) in [6, 6.07) is 20.1. The minimum Gasteiger partial charge on any atom is -0.325 e. The molecule has 0 saturated heterocycles. The van der Waals surface area contributed by atoms with Crippen molar-refractivity contribution in [3.63, 3.8) is 0 Å². The average Bonchev–Trinajstić information content (AvgIpc) is 2.69. The minimum absolute atomic E-state index is 0.111. The quantitative estimate of drug-likeness (QED) is 0.443. The van der Waals surface area contributed by atoms with Crippen LogP contribution in [0.15, 0.2) is 77.7 Å². The van der Waals surface area contributed by atoms with E-state index in [-0.39, 0.29) is 11.4 Å². The summed E-state index contributed by atoms with van der Waals surface area (Å²) in [7, 11) is -3.95. The van der Waals surface area contributed by atoms with Crippen molar-refractivity contribution in [2.24, 2.45) is 0 Å². The van der Waals surface area contributed by atoms with Gasteiger partial charge in [0.25, 0.3) is 10.0 Å². The number of amides is 1. The maximum Gasteiger partial charge on any atom is 0.264 e. The minimum atomic E-state index is -3.95. The van der Waals surface area contributed by atoms with E-state index >= 15 is 0 Å². The number of halogens is 2. The Hall–Kier alpha value is -2.10. The molecule has 0 atom stereocenters. The van der Waals surface area contributed by atoms with Gasteiger partial charge in [0.15, 0.2) is 0 Å². The smallest absolute Gasteiger partial charge is 0.264 e. The first-order valence-electron chi connectivity index (χ1n) is 8.66. The molecule has 0 aliphatic heterocycles. The molecule has 0 aliphatic rings. The van der Waals surface area contributed by atoms with Gasteiger partial charge in [0, 0.05) is 14.3 Å². The molecule has 1 N–H and O–H groups in total. The number of hydrogen-bond acceptors (Lipinski definition) is 3. The van der Waals surface area contributed by atoms with Crippen molar-refractivity contribution in [2.45, 2.75) is 11.8 Å². The largest absolute Gasteiger partial charge is 0.325 e. The second-order valence-electron chi connectivity index (χ2n) is 6.36. The van der Waals surface area contributed by atoms with Gasteiger partial charge >= 0.3 is 0 Å². The molecule has 0 unspecified atom stereocenters. The van der Waals surface area contributed by atoms with Crippen LogP contribution >= 0.6 is 34.2 Å². The van der Waals surface area contributed by atoms with E-state index in [4.69, 9.17) is 11.6 Å². The molecule has 150 valence electrons. The number of anilines is 2. The van der Waals surface area contributed by atoms with Crippen LogP contribution in [0.5, 0.6) is 0 Å². The number of nitrogens with one attached hydrogen (secondary N) is 1. The topological polar surface area (TPSA) is 66.5 Å². The summed E-state index contributed by atoms with van der Waals surface area (Å²) in [5, 5.41) is 3.22. The number of sulfonamides is 1. The number of aryl methyl sites for hydroxylation is 1. The molecule has 3 rings (SSSR count). The lowest BCUT2D eigenvalue weighted by Gasteiger charge is -2.24. The Morgan fingerprint density at radius 3 is 2.14 bits per heavy atom. The molecule has 0 bridgehead atoms. The first-order chi connectivity index (χ1) is 13.8. The van der Waals surface area contributed by atoms with Gasteiger partial charge in [0.1, 0.15) is 6.54 Å². The molecule has 5 nitrogen and oxygen atoms in total. The van der Waals surface area contributed by atoms with Gasteiger partial charge in [0.05, 0.1) is 10.6 Å². The number of carbonyl (C=O) groups excluding carboxylic acids is 1. The monoisotopic (exact) mass is 540 g/mol. The molecule has 0 fully saturated rings. The molecular formula is C21H18ClIN2O3S. The van der Waals surface area contributed by atoms with Crippen LogP contribution in [0.4, 0.5) is 11.4 Å². The van der Waals surface area contributed by atoms with Crippen LogP contribution in [0, 0.1) is 10.5 Å². The summed E-state index contributed by atoms with van der Waals surface area (Å²) in [5.41, 5.74) is 1.89. The van der Waals surface area contributed by atoms with Crippen LogP contribution in [0.25, 0.3) is 0 Å². The number of rotatable bonds is 6. The Morgan fingerprint density at radius 1 is 0.966 bits per heavy atom. The zero-order valence-electron chi connectivity index (χ0n) is 15.5. The Morgan fingerprint density at radius 2 is 1.55 bits per heavy atom. The van der Waals surface area contributed by atoms with Crippen LogP contribution in [0.2, 0.25) is 5.02 Å². The van der Waals surface area contributed by atoms with Crippen molar-refractivity contribution >= 4 is 61.5 Å². The van der Waals surface area contributed by atoms with Gasteiger partial charge in [-0.1, -0.05) is 29.3 Å². The first kappa shape index (κ1) is 21.6. The molecule has 29 heavy (non-hydrogen) atoms. The number of hydrogen-bond donors (Lipinski definition) is 1. The summed E-state index contributed by atoms with van der Waals surface area (Å²) in [6.07, 6.45) is 0. The van der Waals surface area contributed by atoms with E-state index in [0.29, 0.717) is 16.4 Å². The van der Waals surface area contributed by atoms with Crippen LogP contribution in [-0.4, -0.2) is 20.9 Å². The van der Waals surface area contributed by atoms with Gasteiger partial charge in [-0.3, -0.25) is 9.10 Å². The highest BCUT2D eigenvalue weighted by Crippen LogP contribution is 2.25. The van der Waals surface area contributed by atoms with Crippen molar-refractivity contribution in [2.75, 3.05) is 16.2 Å². The fraction of sp³-hybridized carbons (Fsp3) is 0.0952. The Bertz CT molecular complexity index is 1100. The average molecular weight is 541 g/mol. The molecule has 1 amide bonds. The van der Waals surface area contributed by atoms with Crippen LogP contribution < -0.4 is 9.62 Å². The van der Waals surface area contributed by atoms with E-state index in [2.05, 4.69) is 27.9 Å². The molecule has 3 aromatic carbocycles. The van der Waals surface area contributed by atoms with Crippen molar-refractivity contribution in [3.05, 3.63) is 87.0 Å². The molecule has 0 spiro atoms. The van der Waals surface area contributed by atoms with Crippen LogP contribution in [-0.2, 0) is 14.8 Å². The van der Waals surface area contributed by atoms with E-state index in [9.17, 15) is 13.2 Å². The molecule has 3 aromatic rings. The van der Waals surface area contributed by atoms with E-state index in [1.54, 1.807) is 48.5 Å². The van der Waals surface area contributed by atoms with Crippen molar-refractivity contribution in [1.82, 2.24) is 0 Å². The molecule has 0 saturated carbocycles. The van der Waals surface area contributed by atoms with Gasteiger partial charge in [-0.25, -0.2) is 8.42 Å². The summed E-state index contributed by atoms with van der Waals surface area (Å²) < 4.78 is 28.7. The highest BCUT2D eigenvalue weighted by molar-refractivity contribution is 14.1. The Kier molecular flexibility index (Phi) is 6.81. The lowest BCUT2D eigenvalue weighted by Crippen LogP contribution is -2.38. The predicted molar refractivity (Wildman–Crippen MR) is 125 cm³/mol. The molecule has 0 heterocycles. The fourth-order valence-corrected chi connectivity index (χ4v) is 4.53. The summed E-state index contributed by atoms with van der Waals surface area (Å²) in [4.78, 5) is 12.7. The SMILES string of the molecule is Cc1ccc(S(=O)(=O)N(CC(=O)Nc2ccc(I)cc2)c2ccc(Cl)cc2)cc1. The Labute approximate surface area is 188 Å². The molecule has 0 radical (unpaired) electrons. The van der Waals surface area contributed by atoms with Gasteiger partial charge in [-0.15, -0.1) is 0 Å². The van der Waals surface area contributed by atoms with E-state index < -0.39 is 15.9 Å². The molecule has 8 heteroatoms. The van der Waals surface area contributed by atoms with Crippen molar-refractivity contribution in [1.29, 1.82) is 0 Å². The van der Waals surface area contributed by atoms with Crippen molar-refractivity contribution in [3.8, 4) is 0 Å². The van der Waals surface area contributed by atoms with Gasteiger partial charge < -0.3 is 5.32 Å². The third-order valence-electron chi connectivity index (χ3n) is 4.14. The molecule has 0 aromatic heterocycles. The normalized spacial score (nSPS) is 11.1. The second-order valence-corrected chi connectivity index (χ2v) is 9.90. The molecule has 0 aliphatic carbocycles. The summed E-state index contributed by atoms with van der Waals surface area (Å²) >= 11 is 8.11. The number of nitrogens with zero attached hydrogens (tertiary/aromatic N) is 1. The third kappa shape index (κ3) is 5.49. The maximum atomic E-state index is 13.3. The highest BCUT2D eigenvalue weighted by atomic mass is 127. The maximum absolute atomic E-state index is 13.3. The fourth-order valence-electron chi connectivity index (χ4n) is 2.62. The van der Waals surface area contributed by atoms with Gasteiger partial charge in [0.2, 0.25) is 5.91 Å². The summed E-state index contributed by atoms with van der Waals surface area (Å²) in [5.74, 6) is -0.447.